The van der Waals surface area contributed by atoms with Crippen LogP contribution in [0.25, 0.3) is 0 Å². The van der Waals surface area contributed by atoms with Crippen LogP contribution in [0, 0.1) is 0 Å². The van der Waals surface area contributed by atoms with E-state index in [2.05, 4.69) is 0 Å². The van der Waals surface area contributed by atoms with Crippen LogP contribution in [0.4, 0.5) is 5.69 Å². The van der Waals surface area contributed by atoms with Gasteiger partial charge in [0.2, 0.25) is 0 Å². The first kappa shape index (κ1) is 16.7. The summed E-state index contributed by atoms with van der Waals surface area (Å²) in [4.78, 5) is 23.6. The minimum Gasteiger partial charge on any atom is -0.480 e. The lowest BCUT2D eigenvalue weighted by molar-refractivity contribution is -0.141. The summed E-state index contributed by atoms with van der Waals surface area (Å²) in [5.41, 5.74) is 0.679. The van der Waals surface area contributed by atoms with Gasteiger partial charge in [0.1, 0.15) is 19.3 Å². The van der Waals surface area contributed by atoms with E-state index < -0.39 is 18.0 Å². The first-order valence-electron chi connectivity index (χ1n) is 6.52. The van der Waals surface area contributed by atoms with Crippen molar-refractivity contribution in [3.63, 3.8) is 0 Å². The number of para-hydroxylation sites is 1. The first-order valence-corrected chi connectivity index (χ1v) is 6.52. The maximum absolute atomic E-state index is 11.2. The van der Waals surface area contributed by atoms with Crippen LogP contribution >= 0.6 is 0 Å². The Kier molecular flexibility index (Phi) is 6.97. The molecule has 6 heteroatoms. The molecule has 0 saturated heterocycles. The molecule has 2 N–H and O–H groups in total. The van der Waals surface area contributed by atoms with Crippen molar-refractivity contribution in [3.05, 3.63) is 42.5 Å². The van der Waals surface area contributed by atoms with Crippen LogP contribution in [-0.4, -0.2) is 48.0 Å². The van der Waals surface area contributed by atoms with Gasteiger partial charge in [-0.05, 0) is 19.1 Å². The van der Waals surface area contributed by atoms with Crippen molar-refractivity contribution >= 4 is 17.6 Å². The molecule has 0 bridgehead atoms. The standard InChI is InChI=1S/C15H19NO5/c1-2-6-15(20)21-11-13(17)9-16(10-14(18)19)12-7-4-3-5-8-12/h2-8,13,17H,9-11H2,1H3,(H,18,19). The van der Waals surface area contributed by atoms with Gasteiger partial charge in [0, 0.05) is 18.3 Å². The second kappa shape index (κ2) is 8.76. The van der Waals surface area contributed by atoms with Crippen molar-refractivity contribution in [2.24, 2.45) is 0 Å². The number of aliphatic hydroxyl groups excluding tert-OH is 1. The molecule has 1 aromatic rings. The maximum Gasteiger partial charge on any atom is 0.330 e. The zero-order valence-corrected chi connectivity index (χ0v) is 11.8. The van der Waals surface area contributed by atoms with E-state index in [0.717, 1.165) is 0 Å². The Bertz CT molecular complexity index is 486. The molecule has 21 heavy (non-hydrogen) atoms. The number of benzene rings is 1. The van der Waals surface area contributed by atoms with Crippen LogP contribution in [0.15, 0.2) is 42.5 Å². The molecule has 1 rings (SSSR count). The number of esters is 1. The number of carboxylic acid groups (broad SMARTS) is 1. The molecule has 1 aromatic carbocycles. The molecule has 114 valence electrons. The lowest BCUT2D eigenvalue weighted by Crippen LogP contribution is -2.38. The molecule has 0 saturated carbocycles. The van der Waals surface area contributed by atoms with Gasteiger partial charge in [0.15, 0.2) is 0 Å². The number of nitrogens with zero attached hydrogens (tertiary/aromatic N) is 1. The lowest BCUT2D eigenvalue weighted by atomic mass is 10.2. The smallest absolute Gasteiger partial charge is 0.330 e. The Balaban J connectivity index is 2.60. The fraction of sp³-hybridized carbons (Fsp3) is 0.333. The van der Waals surface area contributed by atoms with Gasteiger partial charge in [-0.25, -0.2) is 4.79 Å². The second-order valence-corrected chi connectivity index (χ2v) is 4.39. The molecule has 0 aromatic heterocycles. The molecule has 0 amide bonds. The minimum absolute atomic E-state index is 0.0550. The Labute approximate surface area is 123 Å². The number of carbonyl (C=O) groups is 2. The normalized spacial score (nSPS) is 12.1. The van der Waals surface area contributed by atoms with E-state index in [1.807, 2.05) is 6.07 Å². The largest absolute Gasteiger partial charge is 0.480 e. The number of allylic oxidation sites excluding steroid dienone is 1. The average molecular weight is 293 g/mol. The van der Waals surface area contributed by atoms with Crippen LogP contribution in [0.1, 0.15) is 6.92 Å². The number of carbonyl (C=O) groups excluding carboxylic acids is 1. The Hall–Kier alpha value is -2.34. The fourth-order valence-electron chi connectivity index (χ4n) is 1.73. The van der Waals surface area contributed by atoms with E-state index in [9.17, 15) is 14.7 Å². The second-order valence-electron chi connectivity index (χ2n) is 4.39. The van der Waals surface area contributed by atoms with E-state index in [0.29, 0.717) is 5.69 Å². The van der Waals surface area contributed by atoms with Crippen molar-refractivity contribution in [1.29, 1.82) is 0 Å². The van der Waals surface area contributed by atoms with Crippen LogP contribution in [0.5, 0.6) is 0 Å². The van der Waals surface area contributed by atoms with Crippen LogP contribution in [0.2, 0.25) is 0 Å². The van der Waals surface area contributed by atoms with Gasteiger partial charge in [-0.15, -0.1) is 0 Å². The highest BCUT2D eigenvalue weighted by atomic mass is 16.5. The number of hydrogen-bond donors (Lipinski definition) is 2. The Morgan fingerprint density at radius 3 is 2.57 bits per heavy atom. The highest BCUT2D eigenvalue weighted by molar-refractivity contribution is 5.81. The molecule has 1 unspecified atom stereocenters. The van der Waals surface area contributed by atoms with E-state index in [4.69, 9.17) is 9.84 Å². The van der Waals surface area contributed by atoms with Crippen LogP contribution < -0.4 is 4.90 Å². The molecule has 1 atom stereocenters. The number of aliphatic hydroxyl groups is 1. The summed E-state index contributed by atoms with van der Waals surface area (Å²) in [6.07, 6.45) is 1.81. The van der Waals surface area contributed by atoms with Gasteiger partial charge in [0.05, 0.1) is 0 Å². The first-order chi connectivity index (χ1) is 10.0. The predicted molar refractivity (Wildman–Crippen MR) is 78.1 cm³/mol. The quantitative estimate of drug-likeness (QED) is 0.550. The molecule has 0 fully saturated rings. The summed E-state index contributed by atoms with van der Waals surface area (Å²) in [6.45, 7) is 1.30. The van der Waals surface area contributed by atoms with Gasteiger partial charge in [0.25, 0.3) is 0 Å². The van der Waals surface area contributed by atoms with Gasteiger partial charge in [-0.3, -0.25) is 4.79 Å². The zero-order valence-electron chi connectivity index (χ0n) is 11.8. The topological polar surface area (TPSA) is 87.1 Å². The Morgan fingerprint density at radius 2 is 2.00 bits per heavy atom. The third kappa shape index (κ3) is 6.58. The molecular weight excluding hydrogens is 274 g/mol. The molecule has 0 aliphatic heterocycles. The van der Waals surface area contributed by atoms with Crippen molar-refractivity contribution in [1.82, 2.24) is 0 Å². The third-order valence-corrected chi connectivity index (χ3v) is 2.60. The van der Waals surface area contributed by atoms with Gasteiger partial charge < -0.3 is 19.8 Å². The Morgan fingerprint density at radius 1 is 1.33 bits per heavy atom. The lowest BCUT2D eigenvalue weighted by Gasteiger charge is -2.25. The van der Waals surface area contributed by atoms with E-state index in [1.54, 1.807) is 31.2 Å². The molecular formula is C15H19NO5. The number of anilines is 1. The summed E-state index contributed by atoms with van der Waals surface area (Å²) in [5, 5.41) is 18.8. The molecule has 6 nitrogen and oxygen atoms in total. The third-order valence-electron chi connectivity index (χ3n) is 2.60. The van der Waals surface area contributed by atoms with Crippen molar-refractivity contribution in [2.45, 2.75) is 13.0 Å². The van der Waals surface area contributed by atoms with E-state index in [-0.39, 0.29) is 19.7 Å². The van der Waals surface area contributed by atoms with Crippen molar-refractivity contribution < 1.29 is 24.5 Å². The highest BCUT2D eigenvalue weighted by Gasteiger charge is 2.16. The zero-order chi connectivity index (χ0) is 15.7. The molecule has 0 radical (unpaired) electrons. The predicted octanol–water partition coefficient (Wildman–Crippen LogP) is 1.06. The van der Waals surface area contributed by atoms with Crippen LogP contribution in [-0.2, 0) is 14.3 Å². The van der Waals surface area contributed by atoms with Gasteiger partial charge in [-0.1, -0.05) is 24.3 Å². The highest BCUT2D eigenvalue weighted by Crippen LogP contribution is 2.13. The molecule has 0 aliphatic carbocycles. The van der Waals surface area contributed by atoms with Crippen molar-refractivity contribution in [2.75, 3.05) is 24.6 Å². The van der Waals surface area contributed by atoms with E-state index >= 15 is 0 Å². The number of ether oxygens (including phenoxy) is 1. The van der Waals surface area contributed by atoms with Gasteiger partial charge >= 0.3 is 11.9 Å². The monoisotopic (exact) mass is 293 g/mol. The molecule has 0 spiro atoms. The molecule has 0 aliphatic rings. The fourth-order valence-corrected chi connectivity index (χ4v) is 1.73. The summed E-state index contributed by atoms with van der Waals surface area (Å²) in [7, 11) is 0. The number of carboxylic acids is 1. The van der Waals surface area contributed by atoms with E-state index in [1.165, 1.54) is 17.1 Å². The summed E-state index contributed by atoms with van der Waals surface area (Å²) in [5.74, 6) is -1.54. The number of aliphatic carboxylic acids is 1. The van der Waals surface area contributed by atoms with Crippen LogP contribution in [0.3, 0.4) is 0 Å². The summed E-state index contributed by atoms with van der Waals surface area (Å²) >= 11 is 0. The SMILES string of the molecule is CC=CC(=O)OCC(O)CN(CC(=O)O)c1ccccc1. The van der Waals surface area contributed by atoms with Crippen molar-refractivity contribution in [3.8, 4) is 0 Å². The van der Waals surface area contributed by atoms with Gasteiger partial charge in [-0.2, -0.15) is 0 Å². The minimum atomic E-state index is -1.00. The number of hydrogen-bond acceptors (Lipinski definition) is 5. The summed E-state index contributed by atoms with van der Waals surface area (Å²) < 4.78 is 4.84. The molecule has 0 heterocycles. The summed E-state index contributed by atoms with van der Waals surface area (Å²) in [6, 6.07) is 8.88. The number of rotatable bonds is 8. The average Bonchev–Trinajstić information content (AvgIpc) is 2.45. The maximum atomic E-state index is 11.2.